The summed E-state index contributed by atoms with van der Waals surface area (Å²) in [4.78, 5) is 2.67. The number of rotatable bonds is 6. The summed E-state index contributed by atoms with van der Waals surface area (Å²) in [6.45, 7) is 8.62. The quantitative estimate of drug-likeness (QED) is 0.784. The lowest BCUT2D eigenvalue weighted by Crippen LogP contribution is -2.43. The second-order valence-electron chi connectivity index (χ2n) is 7.05. The van der Waals surface area contributed by atoms with Crippen molar-refractivity contribution in [1.29, 1.82) is 0 Å². The molecule has 1 aliphatic carbocycles. The van der Waals surface area contributed by atoms with Crippen molar-refractivity contribution in [2.24, 2.45) is 5.92 Å². The van der Waals surface area contributed by atoms with Crippen molar-refractivity contribution in [1.82, 2.24) is 10.2 Å². The lowest BCUT2D eigenvalue weighted by Gasteiger charge is -2.33. The van der Waals surface area contributed by atoms with E-state index >= 15 is 0 Å². The molecule has 2 rings (SSSR count). The van der Waals surface area contributed by atoms with Gasteiger partial charge in [0, 0.05) is 12.1 Å². The molecule has 0 radical (unpaired) electrons. The normalized spacial score (nSPS) is 28.2. The molecule has 0 bridgehead atoms. The molecule has 1 N–H and O–H groups in total. The first-order valence-corrected chi connectivity index (χ1v) is 9.31. The maximum absolute atomic E-state index is 4.05. The molecular formula is C18H36N2. The molecule has 2 nitrogen and oxygen atoms in total. The highest BCUT2D eigenvalue weighted by Crippen LogP contribution is 2.28. The lowest BCUT2D eigenvalue weighted by atomic mass is 9.82. The molecule has 2 heteroatoms. The van der Waals surface area contributed by atoms with Gasteiger partial charge in [-0.05, 0) is 70.5 Å². The molecule has 0 aromatic heterocycles. The van der Waals surface area contributed by atoms with Crippen molar-refractivity contribution >= 4 is 0 Å². The Bertz CT molecular complexity index is 248. The van der Waals surface area contributed by atoms with Gasteiger partial charge in [0.2, 0.25) is 0 Å². The monoisotopic (exact) mass is 280 g/mol. The molecule has 2 atom stereocenters. The van der Waals surface area contributed by atoms with Gasteiger partial charge in [-0.1, -0.05) is 33.1 Å². The average molecular weight is 280 g/mol. The van der Waals surface area contributed by atoms with E-state index in [4.69, 9.17) is 0 Å². The molecule has 0 spiro atoms. The summed E-state index contributed by atoms with van der Waals surface area (Å²) in [5.41, 5.74) is 0. The minimum Gasteiger partial charge on any atom is -0.311 e. The van der Waals surface area contributed by atoms with Gasteiger partial charge in [-0.15, -0.1) is 0 Å². The Hall–Kier alpha value is -0.0800. The van der Waals surface area contributed by atoms with E-state index in [1.165, 1.54) is 83.8 Å². The van der Waals surface area contributed by atoms with Gasteiger partial charge in [0.05, 0.1) is 0 Å². The Morgan fingerprint density at radius 1 is 0.950 bits per heavy atom. The molecule has 20 heavy (non-hydrogen) atoms. The number of hydrogen-bond donors (Lipinski definition) is 1. The van der Waals surface area contributed by atoms with Crippen molar-refractivity contribution in [3.63, 3.8) is 0 Å². The van der Waals surface area contributed by atoms with Gasteiger partial charge in [-0.2, -0.15) is 0 Å². The summed E-state index contributed by atoms with van der Waals surface area (Å²) in [7, 11) is 0. The van der Waals surface area contributed by atoms with Crippen LogP contribution in [0.3, 0.4) is 0 Å². The molecule has 2 fully saturated rings. The van der Waals surface area contributed by atoms with Crippen LogP contribution in [0.2, 0.25) is 0 Å². The van der Waals surface area contributed by atoms with Gasteiger partial charge in [0.1, 0.15) is 0 Å². The number of nitrogens with zero attached hydrogens (tertiary/aromatic N) is 1. The fraction of sp³-hybridized carbons (Fsp3) is 1.00. The van der Waals surface area contributed by atoms with E-state index in [1.807, 2.05) is 0 Å². The molecular weight excluding hydrogens is 244 g/mol. The van der Waals surface area contributed by atoms with Crippen LogP contribution in [0.25, 0.3) is 0 Å². The van der Waals surface area contributed by atoms with Crippen molar-refractivity contribution in [2.45, 2.75) is 90.1 Å². The van der Waals surface area contributed by atoms with E-state index in [0.717, 1.165) is 18.0 Å². The standard InChI is InChI=1S/C18H36N2/c1-3-13-20-14-8-11-17(12-15-20)19-18(4-2)16-9-6-5-7-10-16/h16-19H,3-15H2,1-2H3. The van der Waals surface area contributed by atoms with E-state index in [1.54, 1.807) is 0 Å². The predicted octanol–water partition coefficient (Wildman–Crippen LogP) is 4.20. The minimum absolute atomic E-state index is 0.781. The van der Waals surface area contributed by atoms with E-state index in [-0.39, 0.29) is 0 Å². The van der Waals surface area contributed by atoms with Crippen LogP contribution in [0.4, 0.5) is 0 Å². The molecule has 2 unspecified atom stereocenters. The van der Waals surface area contributed by atoms with Gasteiger partial charge >= 0.3 is 0 Å². The van der Waals surface area contributed by atoms with Crippen molar-refractivity contribution in [3.8, 4) is 0 Å². The topological polar surface area (TPSA) is 15.3 Å². The summed E-state index contributed by atoms with van der Waals surface area (Å²) >= 11 is 0. The van der Waals surface area contributed by atoms with Crippen molar-refractivity contribution in [2.75, 3.05) is 19.6 Å². The largest absolute Gasteiger partial charge is 0.311 e. The molecule has 1 heterocycles. The predicted molar refractivity (Wildman–Crippen MR) is 88.2 cm³/mol. The first-order valence-electron chi connectivity index (χ1n) is 9.31. The van der Waals surface area contributed by atoms with Gasteiger partial charge in [-0.3, -0.25) is 0 Å². The van der Waals surface area contributed by atoms with Crippen LogP contribution in [-0.4, -0.2) is 36.6 Å². The maximum Gasteiger partial charge on any atom is 0.00952 e. The molecule has 118 valence electrons. The van der Waals surface area contributed by atoms with Crippen LogP contribution in [0.15, 0.2) is 0 Å². The van der Waals surface area contributed by atoms with Gasteiger partial charge in [-0.25, -0.2) is 0 Å². The van der Waals surface area contributed by atoms with Crippen LogP contribution in [0.1, 0.15) is 78.1 Å². The smallest absolute Gasteiger partial charge is 0.00952 e. The zero-order chi connectivity index (χ0) is 14.2. The number of likely N-dealkylation sites (tertiary alicyclic amines) is 1. The Morgan fingerprint density at radius 2 is 1.75 bits per heavy atom. The van der Waals surface area contributed by atoms with Gasteiger partial charge in [0.15, 0.2) is 0 Å². The number of hydrogen-bond acceptors (Lipinski definition) is 2. The second kappa shape index (κ2) is 9.04. The second-order valence-corrected chi connectivity index (χ2v) is 7.05. The highest BCUT2D eigenvalue weighted by molar-refractivity contribution is 4.83. The van der Waals surface area contributed by atoms with Crippen LogP contribution in [0.5, 0.6) is 0 Å². The van der Waals surface area contributed by atoms with E-state index in [2.05, 4.69) is 24.1 Å². The zero-order valence-electron chi connectivity index (χ0n) is 13.9. The third kappa shape index (κ3) is 5.04. The summed E-state index contributed by atoms with van der Waals surface area (Å²) in [6, 6.07) is 1.57. The lowest BCUT2D eigenvalue weighted by molar-refractivity contribution is 0.235. The van der Waals surface area contributed by atoms with E-state index < -0.39 is 0 Å². The fourth-order valence-electron chi connectivity index (χ4n) is 4.29. The van der Waals surface area contributed by atoms with Gasteiger partial charge < -0.3 is 10.2 Å². The van der Waals surface area contributed by atoms with Crippen LogP contribution >= 0.6 is 0 Å². The summed E-state index contributed by atoms with van der Waals surface area (Å²) in [5, 5.41) is 4.05. The summed E-state index contributed by atoms with van der Waals surface area (Å²) in [5.74, 6) is 0.962. The first-order chi connectivity index (χ1) is 9.83. The first kappa shape index (κ1) is 16.3. The molecule has 0 aromatic carbocycles. The molecule has 1 aliphatic heterocycles. The van der Waals surface area contributed by atoms with Crippen LogP contribution in [0, 0.1) is 5.92 Å². The molecule has 0 amide bonds. The van der Waals surface area contributed by atoms with Crippen molar-refractivity contribution in [3.05, 3.63) is 0 Å². The average Bonchev–Trinajstić information content (AvgIpc) is 2.71. The Labute approximate surface area is 126 Å². The minimum atomic E-state index is 0.781. The Balaban J connectivity index is 1.78. The third-order valence-corrected chi connectivity index (χ3v) is 5.47. The highest BCUT2D eigenvalue weighted by atomic mass is 15.1. The maximum atomic E-state index is 4.05. The molecule has 1 saturated heterocycles. The van der Waals surface area contributed by atoms with Crippen LogP contribution < -0.4 is 5.32 Å². The van der Waals surface area contributed by atoms with Crippen molar-refractivity contribution < 1.29 is 0 Å². The van der Waals surface area contributed by atoms with Gasteiger partial charge in [0.25, 0.3) is 0 Å². The van der Waals surface area contributed by atoms with E-state index in [9.17, 15) is 0 Å². The number of nitrogens with one attached hydrogen (secondary N) is 1. The molecule has 0 aromatic rings. The Morgan fingerprint density at radius 3 is 2.45 bits per heavy atom. The van der Waals surface area contributed by atoms with Crippen LogP contribution in [-0.2, 0) is 0 Å². The Kier molecular flexibility index (Phi) is 7.37. The SMILES string of the molecule is CCCN1CCCC(NC(CC)C2CCCCC2)CC1. The highest BCUT2D eigenvalue weighted by Gasteiger charge is 2.25. The summed E-state index contributed by atoms with van der Waals surface area (Å²) in [6.07, 6.45) is 14.1. The zero-order valence-corrected chi connectivity index (χ0v) is 13.9. The fourth-order valence-corrected chi connectivity index (χ4v) is 4.29. The third-order valence-electron chi connectivity index (χ3n) is 5.47. The molecule has 2 aliphatic rings. The van der Waals surface area contributed by atoms with E-state index in [0.29, 0.717) is 0 Å². The summed E-state index contributed by atoms with van der Waals surface area (Å²) < 4.78 is 0. The molecule has 1 saturated carbocycles.